The van der Waals surface area contributed by atoms with Crippen LogP contribution in [0.4, 0.5) is 0 Å². The van der Waals surface area contributed by atoms with E-state index in [1.807, 2.05) is 13.8 Å². The van der Waals surface area contributed by atoms with Gasteiger partial charge in [0, 0.05) is 0 Å². The van der Waals surface area contributed by atoms with Crippen molar-refractivity contribution in [2.24, 2.45) is 11.8 Å². The van der Waals surface area contributed by atoms with Crippen LogP contribution in [0.15, 0.2) is 0 Å². The van der Waals surface area contributed by atoms with Gasteiger partial charge in [-0.05, 0) is 11.8 Å². The lowest BCUT2D eigenvalue weighted by Crippen LogP contribution is -1.95. The smallest absolute Gasteiger partial charge is 0.0417 e. The molecule has 0 heteroatoms. The zero-order valence-corrected chi connectivity index (χ0v) is 7.28. The summed E-state index contributed by atoms with van der Waals surface area (Å²) in [6.07, 6.45) is 4.42. The molecule has 9 heavy (non-hydrogen) atoms. The average Bonchev–Trinajstić information content (AvgIpc) is 2.23. The molecule has 0 aromatic rings. The normalized spacial score (nSPS) is 33.3. The first-order chi connectivity index (χ1) is 4.30. The van der Waals surface area contributed by atoms with E-state index in [1.165, 1.54) is 19.3 Å². The van der Waals surface area contributed by atoms with Crippen molar-refractivity contribution < 1.29 is 0 Å². The van der Waals surface area contributed by atoms with Gasteiger partial charge in [-0.1, -0.05) is 47.0 Å². The fourth-order valence-corrected chi connectivity index (χ4v) is 1.33. The molecule has 1 aliphatic rings. The molecule has 1 saturated carbocycles. The van der Waals surface area contributed by atoms with E-state index in [-0.39, 0.29) is 0 Å². The van der Waals surface area contributed by atoms with Gasteiger partial charge in [-0.25, -0.2) is 0 Å². The summed E-state index contributed by atoms with van der Waals surface area (Å²) in [6.45, 7) is 8.72. The fourth-order valence-electron chi connectivity index (χ4n) is 1.33. The summed E-state index contributed by atoms with van der Waals surface area (Å²) < 4.78 is 0. The maximum absolute atomic E-state index is 2.36. The molecule has 0 bridgehead atoms. The van der Waals surface area contributed by atoms with Gasteiger partial charge in [0.25, 0.3) is 0 Å². The van der Waals surface area contributed by atoms with Crippen LogP contribution in [-0.4, -0.2) is 0 Å². The van der Waals surface area contributed by atoms with Crippen LogP contribution in [0.1, 0.15) is 47.0 Å². The molecule has 0 aromatic heterocycles. The van der Waals surface area contributed by atoms with Gasteiger partial charge in [0.05, 0.1) is 0 Å². The monoisotopic (exact) mass is 128 g/mol. The van der Waals surface area contributed by atoms with Crippen LogP contribution in [0.3, 0.4) is 0 Å². The molecule has 56 valence electrons. The lowest BCUT2D eigenvalue weighted by Gasteiger charge is -2.05. The highest BCUT2D eigenvalue weighted by Gasteiger charge is 2.17. The summed E-state index contributed by atoms with van der Waals surface area (Å²) in [5.41, 5.74) is 0. The predicted molar refractivity (Wildman–Crippen MR) is 43.5 cm³/mol. The van der Waals surface area contributed by atoms with Gasteiger partial charge in [0.1, 0.15) is 0 Å². The molecule has 1 rings (SSSR count). The second kappa shape index (κ2) is 4.84. The molecule has 1 fully saturated rings. The first-order valence-corrected chi connectivity index (χ1v) is 4.30. The fraction of sp³-hybridized carbons (Fsp3) is 1.00. The Morgan fingerprint density at radius 1 is 0.889 bits per heavy atom. The third-order valence-corrected chi connectivity index (χ3v) is 2.29. The lowest BCUT2D eigenvalue weighted by atomic mass is 10.0. The van der Waals surface area contributed by atoms with Crippen molar-refractivity contribution in [1.29, 1.82) is 0 Å². The van der Waals surface area contributed by atoms with Crippen molar-refractivity contribution in [2.75, 3.05) is 0 Å². The zero-order chi connectivity index (χ0) is 7.28. The van der Waals surface area contributed by atoms with Gasteiger partial charge in [-0.3, -0.25) is 0 Å². The molecule has 0 aliphatic heterocycles. The van der Waals surface area contributed by atoms with Crippen molar-refractivity contribution in [3.63, 3.8) is 0 Å². The molecule has 0 nitrogen and oxygen atoms in total. The van der Waals surface area contributed by atoms with Crippen LogP contribution in [0.5, 0.6) is 0 Å². The summed E-state index contributed by atoms with van der Waals surface area (Å²) in [5, 5.41) is 0. The van der Waals surface area contributed by atoms with E-state index in [9.17, 15) is 0 Å². The number of hydrogen-bond donors (Lipinski definition) is 0. The van der Waals surface area contributed by atoms with Crippen LogP contribution in [-0.2, 0) is 0 Å². The third kappa shape index (κ3) is 2.88. The Kier molecular flexibility index (Phi) is 4.84. The van der Waals surface area contributed by atoms with Gasteiger partial charge in [-0.15, -0.1) is 0 Å². The molecule has 2 atom stereocenters. The first-order valence-electron chi connectivity index (χ1n) is 4.30. The maximum atomic E-state index is 2.36. The van der Waals surface area contributed by atoms with E-state index < -0.39 is 0 Å². The Bertz CT molecular complexity index is 49.1. The first kappa shape index (κ1) is 9.00. The summed E-state index contributed by atoms with van der Waals surface area (Å²) in [5.74, 6) is 2.03. The quantitative estimate of drug-likeness (QED) is 0.468. The second-order valence-electron chi connectivity index (χ2n) is 2.89. The SMILES string of the molecule is CC.CC1CCC[C@@H]1C. The van der Waals surface area contributed by atoms with E-state index in [0.29, 0.717) is 0 Å². The minimum Gasteiger partial charge on any atom is -0.0683 e. The van der Waals surface area contributed by atoms with E-state index in [4.69, 9.17) is 0 Å². The summed E-state index contributed by atoms with van der Waals surface area (Å²) in [4.78, 5) is 0. The van der Waals surface area contributed by atoms with Crippen molar-refractivity contribution in [3.05, 3.63) is 0 Å². The molecule has 0 saturated heterocycles. The second-order valence-corrected chi connectivity index (χ2v) is 2.89. The van der Waals surface area contributed by atoms with Crippen LogP contribution >= 0.6 is 0 Å². The van der Waals surface area contributed by atoms with Crippen LogP contribution < -0.4 is 0 Å². The lowest BCUT2D eigenvalue weighted by molar-refractivity contribution is 0.457. The highest BCUT2D eigenvalue weighted by Crippen LogP contribution is 2.29. The molecular weight excluding hydrogens is 108 g/mol. The highest BCUT2D eigenvalue weighted by atomic mass is 14.2. The summed E-state index contributed by atoms with van der Waals surface area (Å²) in [6, 6.07) is 0. The molecule has 1 aliphatic carbocycles. The zero-order valence-electron chi connectivity index (χ0n) is 7.28. The largest absolute Gasteiger partial charge is 0.0683 e. The van der Waals surface area contributed by atoms with Gasteiger partial charge in [0.2, 0.25) is 0 Å². The third-order valence-electron chi connectivity index (χ3n) is 2.29. The molecule has 1 unspecified atom stereocenters. The molecule has 0 heterocycles. The standard InChI is InChI=1S/C7H14.C2H6/c1-6-4-3-5-7(6)2;1-2/h6-7H,3-5H2,1-2H3;1-2H3/t6-,7?;/m0./s1. The van der Waals surface area contributed by atoms with Gasteiger partial charge in [-0.2, -0.15) is 0 Å². The van der Waals surface area contributed by atoms with Gasteiger partial charge < -0.3 is 0 Å². The van der Waals surface area contributed by atoms with Crippen molar-refractivity contribution in [2.45, 2.75) is 47.0 Å². The van der Waals surface area contributed by atoms with E-state index >= 15 is 0 Å². The Morgan fingerprint density at radius 2 is 1.22 bits per heavy atom. The molecule has 0 N–H and O–H groups in total. The van der Waals surface area contributed by atoms with E-state index in [2.05, 4.69) is 13.8 Å². The molecule has 0 radical (unpaired) electrons. The molecule has 0 amide bonds. The minimum atomic E-state index is 1.01. The number of rotatable bonds is 0. The summed E-state index contributed by atoms with van der Waals surface area (Å²) >= 11 is 0. The topological polar surface area (TPSA) is 0 Å². The highest BCUT2D eigenvalue weighted by molar-refractivity contribution is 4.69. The van der Waals surface area contributed by atoms with E-state index in [1.54, 1.807) is 0 Å². The minimum absolute atomic E-state index is 1.01. The predicted octanol–water partition coefficient (Wildman–Crippen LogP) is 3.47. The molecule has 0 spiro atoms. The Morgan fingerprint density at radius 3 is 1.33 bits per heavy atom. The average molecular weight is 128 g/mol. The van der Waals surface area contributed by atoms with Gasteiger partial charge >= 0.3 is 0 Å². The van der Waals surface area contributed by atoms with E-state index in [0.717, 1.165) is 11.8 Å². The van der Waals surface area contributed by atoms with Gasteiger partial charge in [0.15, 0.2) is 0 Å². The number of hydrogen-bond acceptors (Lipinski definition) is 0. The summed E-state index contributed by atoms with van der Waals surface area (Å²) in [7, 11) is 0. The molecular formula is C9H20. The Hall–Kier alpha value is 0. The molecule has 0 aromatic carbocycles. The maximum Gasteiger partial charge on any atom is -0.0417 e. The Labute approximate surface area is 59.7 Å². The van der Waals surface area contributed by atoms with Crippen LogP contribution in [0.25, 0.3) is 0 Å². The Balaban J connectivity index is 0.000000291. The van der Waals surface area contributed by atoms with Crippen LogP contribution in [0.2, 0.25) is 0 Å². The van der Waals surface area contributed by atoms with Crippen LogP contribution in [0, 0.1) is 11.8 Å². The van der Waals surface area contributed by atoms with Crippen molar-refractivity contribution >= 4 is 0 Å². The van der Waals surface area contributed by atoms with Crippen molar-refractivity contribution in [3.8, 4) is 0 Å². The van der Waals surface area contributed by atoms with Crippen molar-refractivity contribution in [1.82, 2.24) is 0 Å².